The standard InChI is InChI=1S/C14H20N2O2/c15-14(17)10-16-6-7-18-11-13(9-16)8-12-4-2-1-3-5-12/h1-5,13H,6-11H2,(H2,15,17)/t13-/m0/s1. The number of hydrogen-bond acceptors (Lipinski definition) is 3. The predicted molar refractivity (Wildman–Crippen MR) is 70.1 cm³/mol. The van der Waals surface area contributed by atoms with E-state index in [1.807, 2.05) is 18.2 Å². The van der Waals surface area contributed by atoms with Gasteiger partial charge in [0.05, 0.1) is 19.8 Å². The number of carbonyl (C=O) groups is 1. The Morgan fingerprint density at radius 2 is 2.17 bits per heavy atom. The lowest BCUT2D eigenvalue weighted by atomic mass is 9.99. The molecule has 1 amide bonds. The van der Waals surface area contributed by atoms with Crippen LogP contribution < -0.4 is 5.73 Å². The van der Waals surface area contributed by atoms with Gasteiger partial charge < -0.3 is 10.5 Å². The largest absolute Gasteiger partial charge is 0.380 e. The summed E-state index contributed by atoms with van der Waals surface area (Å²) in [6.07, 6.45) is 0.982. The number of nitrogens with two attached hydrogens (primary N) is 1. The van der Waals surface area contributed by atoms with Crippen molar-refractivity contribution < 1.29 is 9.53 Å². The van der Waals surface area contributed by atoms with Crippen molar-refractivity contribution >= 4 is 5.91 Å². The maximum absolute atomic E-state index is 11.0. The molecule has 18 heavy (non-hydrogen) atoms. The second-order valence-electron chi connectivity index (χ2n) is 4.83. The van der Waals surface area contributed by atoms with Gasteiger partial charge in [-0.2, -0.15) is 0 Å². The molecule has 1 aliphatic rings. The smallest absolute Gasteiger partial charge is 0.231 e. The molecule has 0 unspecified atom stereocenters. The van der Waals surface area contributed by atoms with Crippen LogP contribution in [0.15, 0.2) is 30.3 Å². The zero-order valence-corrected chi connectivity index (χ0v) is 10.5. The molecule has 1 atom stereocenters. The molecular formula is C14H20N2O2. The van der Waals surface area contributed by atoms with Gasteiger partial charge in [-0.1, -0.05) is 30.3 Å². The lowest BCUT2D eigenvalue weighted by molar-refractivity contribution is -0.119. The molecule has 0 saturated carbocycles. The fourth-order valence-electron chi connectivity index (χ4n) is 2.39. The molecule has 0 spiro atoms. The van der Waals surface area contributed by atoms with Crippen LogP contribution in [0.1, 0.15) is 5.56 Å². The van der Waals surface area contributed by atoms with Crippen molar-refractivity contribution in [1.82, 2.24) is 4.90 Å². The third-order valence-electron chi connectivity index (χ3n) is 3.17. The van der Waals surface area contributed by atoms with Crippen LogP contribution >= 0.6 is 0 Å². The van der Waals surface area contributed by atoms with Gasteiger partial charge in [0.15, 0.2) is 0 Å². The fourth-order valence-corrected chi connectivity index (χ4v) is 2.39. The summed E-state index contributed by atoms with van der Waals surface area (Å²) in [5.74, 6) is 0.157. The molecule has 1 heterocycles. The SMILES string of the molecule is NC(=O)CN1CCOC[C@@H](Cc2ccccc2)C1. The van der Waals surface area contributed by atoms with Crippen LogP contribution in [-0.4, -0.2) is 43.7 Å². The first-order valence-corrected chi connectivity index (χ1v) is 6.36. The molecule has 0 radical (unpaired) electrons. The Bertz CT molecular complexity index is 381. The summed E-state index contributed by atoms with van der Waals surface area (Å²) in [7, 11) is 0. The van der Waals surface area contributed by atoms with Crippen LogP contribution in [0.4, 0.5) is 0 Å². The molecule has 1 aromatic rings. The zero-order valence-electron chi connectivity index (χ0n) is 10.5. The topological polar surface area (TPSA) is 55.6 Å². The molecule has 4 nitrogen and oxygen atoms in total. The summed E-state index contributed by atoms with van der Waals surface area (Å²) in [4.78, 5) is 13.1. The molecule has 2 N–H and O–H groups in total. The number of ether oxygens (including phenoxy) is 1. The highest BCUT2D eigenvalue weighted by Gasteiger charge is 2.19. The quantitative estimate of drug-likeness (QED) is 0.851. The first-order valence-electron chi connectivity index (χ1n) is 6.36. The van der Waals surface area contributed by atoms with Crippen molar-refractivity contribution in [2.45, 2.75) is 6.42 Å². The number of nitrogens with zero attached hydrogens (tertiary/aromatic N) is 1. The maximum Gasteiger partial charge on any atom is 0.231 e. The van der Waals surface area contributed by atoms with Crippen LogP contribution in [0, 0.1) is 5.92 Å². The molecule has 0 bridgehead atoms. The molecule has 1 saturated heterocycles. The van der Waals surface area contributed by atoms with Crippen molar-refractivity contribution in [1.29, 1.82) is 0 Å². The van der Waals surface area contributed by atoms with E-state index >= 15 is 0 Å². The zero-order chi connectivity index (χ0) is 12.8. The number of carbonyl (C=O) groups excluding carboxylic acids is 1. The lowest BCUT2D eigenvalue weighted by Gasteiger charge is -2.21. The Hall–Kier alpha value is -1.39. The Morgan fingerprint density at radius 1 is 1.39 bits per heavy atom. The second kappa shape index (κ2) is 6.52. The van der Waals surface area contributed by atoms with Gasteiger partial charge in [-0.15, -0.1) is 0 Å². The van der Waals surface area contributed by atoms with Crippen molar-refractivity contribution in [3.8, 4) is 0 Å². The van der Waals surface area contributed by atoms with Gasteiger partial charge in [-0.05, 0) is 17.9 Å². The number of benzene rings is 1. The average molecular weight is 248 g/mol. The first-order chi connectivity index (χ1) is 8.74. The molecule has 2 rings (SSSR count). The van der Waals surface area contributed by atoms with Crippen molar-refractivity contribution in [3.05, 3.63) is 35.9 Å². The number of rotatable bonds is 4. The number of primary amides is 1. The highest BCUT2D eigenvalue weighted by Crippen LogP contribution is 2.13. The minimum Gasteiger partial charge on any atom is -0.380 e. The van der Waals surface area contributed by atoms with E-state index in [0.717, 1.165) is 26.1 Å². The number of amides is 1. The Kier molecular flexibility index (Phi) is 4.73. The average Bonchev–Trinajstić information content (AvgIpc) is 2.55. The summed E-state index contributed by atoms with van der Waals surface area (Å²) in [5.41, 5.74) is 6.56. The Morgan fingerprint density at radius 3 is 2.89 bits per heavy atom. The fraction of sp³-hybridized carbons (Fsp3) is 0.500. The van der Waals surface area contributed by atoms with E-state index in [4.69, 9.17) is 10.5 Å². The summed E-state index contributed by atoms with van der Waals surface area (Å²) in [6.45, 7) is 3.42. The van der Waals surface area contributed by atoms with Gasteiger partial charge >= 0.3 is 0 Å². The third kappa shape index (κ3) is 4.13. The normalized spacial score (nSPS) is 21.4. The summed E-state index contributed by atoms with van der Waals surface area (Å²) < 4.78 is 5.60. The Balaban J connectivity index is 1.92. The van der Waals surface area contributed by atoms with Crippen molar-refractivity contribution in [3.63, 3.8) is 0 Å². The monoisotopic (exact) mass is 248 g/mol. The van der Waals surface area contributed by atoms with Crippen molar-refractivity contribution in [2.24, 2.45) is 11.7 Å². The van der Waals surface area contributed by atoms with Crippen molar-refractivity contribution in [2.75, 3.05) is 32.8 Å². The van der Waals surface area contributed by atoms with E-state index in [-0.39, 0.29) is 5.91 Å². The van der Waals surface area contributed by atoms with Crippen LogP contribution in [0.5, 0.6) is 0 Å². The molecular weight excluding hydrogens is 228 g/mol. The van der Waals surface area contributed by atoms with E-state index < -0.39 is 0 Å². The van der Waals surface area contributed by atoms with E-state index in [2.05, 4.69) is 17.0 Å². The predicted octanol–water partition coefficient (Wildman–Crippen LogP) is 0.663. The summed E-state index contributed by atoms with van der Waals surface area (Å²) in [6, 6.07) is 10.4. The first kappa shape index (κ1) is 13.1. The molecule has 1 fully saturated rings. The van der Waals surface area contributed by atoms with E-state index in [9.17, 15) is 4.79 Å². The highest BCUT2D eigenvalue weighted by atomic mass is 16.5. The molecule has 98 valence electrons. The molecule has 4 heteroatoms. The molecule has 1 aromatic carbocycles. The maximum atomic E-state index is 11.0. The number of hydrogen-bond donors (Lipinski definition) is 1. The summed E-state index contributed by atoms with van der Waals surface area (Å²) >= 11 is 0. The Labute approximate surface area is 108 Å². The minimum absolute atomic E-state index is 0.268. The van der Waals surface area contributed by atoms with Gasteiger partial charge in [-0.25, -0.2) is 0 Å². The minimum atomic E-state index is -0.268. The van der Waals surface area contributed by atoms with E-state index in [1.54, 1.807) is 0 Å². The van der Waals surface area contributed by atoms with Crippen LogP contribution in [0.3, 0.4) is 0 Å². The van der Waals surface area contributed by atoms with Crippen LogP contribution in [0.25, 0.3) is 0 Å². The lowest BCUT2D eigenvalue weighted by Crippen LogP contribution is -2.37. The van der Waals surface area contributed by atoms with Gasteiger partial charge in [0.1, 0.15) is 0 Å². The van der Waals surface area contributed by atoms with Crippen LogP contribution in [0.2, 0.25) is 0 Å². The molecule has 0 aromatic heterocycles. The van der Waals surface area contributed by atoms with Crippen LogP contribution in [-0.2, 0) is 16.0 Å². The van der Waals surface area contributed by atoms with Gasteiger partial charge in [0, 0.05) is 13.1 Å². The highest BCUT2D eigenvalue weighted by molar-refractivity contribution is 5.75. The second-order valence-corrected chi connectivity index (χ2v) is 4.83. The third-order valence-corrected chi connectivity index (χ3v) is 3.17. The van der Waals surface area contributed by atoms with Gasteiger partial charge in [0.25, 0.3) is 0 Å². The van der Waals surface area contributed by atoms with Gasteiger partial charge in [-0.3, -0.25) is 9.69 Å². The van der Waals surface area contributed by atoms with E-state index in [1.165, 1.54) is 5.56 Å². The molecule has 1 aliphatic heterocycles. The van der Waals surface area contributed by atoms with Gasteiger partial charge in [0.2, 0.25) is 5.91 Å². The molecule has 0 aliphatic carbocycles. The summed E-state index contributed by atoms with van der Waals surface area (Å²) in [5, 5.41) is 0. The van der Waals surface area contributed by atoms with E-state index in [0.29, 0.717) is 19.1 Å².